The molecular formula is C20H19F2N5OS. The summed E-state index contributed by atoms with van der Waals surface area (Å²) in [5.41, 5.74) is 1.10. The number of aromatic nitrogens is 3. The average Bonchev–Trinajstić information content (AvgIpc) is 3.11. The highest BCUT2D eigenvalue weighted by Gasteiger charge is 2.23. The molecule has 0 atom stereocenters. The SMILES string of the molecule is O=C(c1ccc(F)c(F)c1)N1CCN(Cn2ncn(-c3ccccc3)c2=S)CC1. The summed E-state index contributed by atoms with van der Waals surface area (Å²) in [5, 5.41) is 4.38. The molecule has 0 saturated carbocycles. The highest BCUT2D eigenvalue weighted by Crippen LogP contribution is 2.14. The maximum atomic E-state index is 13.4. The fourth-order valence-corrected chi connectivity index (χ4v) is 3.55. The second-order valence-corrected chi connectivity index (χ2v) is 7.16. The van der Waals surface area contributed by atoms with E-state index >= 15 is 0 Å². The summed E-state index contributed by atoms with van der Waals surface area (Å²) in [5.74, 6) is -2.27. The normalized spacial score (nSPS) is 14.9. The van der Waals surface area contributed by atoms with Gasteiger partial charge in [0.1, 0.15) is 6.33 Å². The number of hydrogen-bond donors (Lipinski definition) is 0. The highest BCUT2D eigenvalue weighted by atomic mass is 32.1. The minimum Gasteiger partial charge on any atom is -0.336 e. The minimum absolute atomic E-state index is 0.154. The number of benzene rings is 2. The summed E-state index contributed by atoms with van der Waals surface area (Å²) in [6.45, 7) is 2.77. The van der Waals surface area contributed by atoms with Gasteiger partial charge < -0.3 is 4.90 Å². The highest BCUT2D eigenvalue weighted by molar-refractivity contribution is 7.71. The van der Waals surface area contributed by atoms with Gasteiger partial charge in [-0.25, -0.2) is 13.5 Å². The summed E-state index contributed by atoms with van der Waals surface area (Å²) in [6, 6.07) is 13.0. The molecule has 6 nitrogen and oxygen atoms in total. The zero-order chi connectivity index (χ0) is 20.4. The van der Waals surface area contributed by atoms with E-state index in [0.29, 0.717) is 37.6 Å². The van der Waals surface area contributed by atoms with Gasteiger partial charge in [0.2, 0.25) is 4.77 Å². The van der Waals surface area contributed by atoms with Gasteiger partial charge in [-0.05, 0) is 42.5 Å². The van der Waals surface area contributed by atoms with Crippen LogP contribution < -0.4 is 0 Å². The van der Waals surface area contributed by atoms with Crippen molar-refractivity contribution in [3.63, 3.8) is 0 Å². The van der Waals surface area contributed by atoms with Gasteiger partial charge in [0, 0.05) is 37.4 Å². The van der Waals surface area contributed by atoms with Crippen molar-refractivity contribution in [1.82, 2.24) is 24.1 Å². The quantitative estimate of drug-likeness (QED) is 0.615. The molecule has 0 spiro atoms. The summed E-state index contributed by atoms with van der Waals surface area (Å²) in [7, 11) is 0. The van der Waals surface area contributed by atoms with Crippen LogP contribution in [-0.4, -0.2) is 56.2 Å². The zero-order valence-corrected chi connectivity index (χ0v) is 16.4. The van der Waals surface area contributed by atoms with Crippen LogP contribution in [0.5, 0.6) is 0 Å². The Bertz CT molecular complexity index is 1070. The lowest BCUT2D eigenvalue weighted by molar-refractivity contribution is 0.0584. The van der Waals surface area contributed by atoms with Gasteiger partial charge in [-0.15, -0.1) is 0 Å². The smallest absolute Gasteiger partial charge is 0.254 e. The molecule has 1 aliphatic heterocycles. The van der Waals surface area contributed by atoms with Crippen molar-refractivity contribution in [1.29, 1.82) is 0 Å². The maximum absolute atomic E-state index is 13.4. The lowest BCUT2D eigenvalue weighted by atomic mass is 10.1. The van der Waals surface area contributed by atoms with E-state index in [-0.39, 0.29) is 11.5 Å². The largest absolute Gasteiger partial charge is 0.336 e. The van der Waals surface area contributed by atoms with Gasteiger partial charge in [0.25, 0.3) is 5.91 Å². The van der Waals surface area contributed by atoms with Gasteiger partial charge in [0.05, 0.1) is 6.67 Å². The van der Waals surface area contributed by atoms with Gasteiger partial charge in [-0.2, -0.15) is 5.10 Å². The lowest BCUT2D eigenvalue weighted by Crippen LogP contribution is -2.49. The Morgan fingerprint density at radius 1 is 1.00 bits per heavy atom. The number of piperazine rings is 1. The first kappa shape index (κ1) is 19.4. The number of para-hydroxylation sites is 1. The second-order valence-electron chi connectivity index (χ2n) is 6.80. The third kappa shape index (κ3) is 4.10. The van der Waals surface area contributed by atoms with Crippen molar-refractivity contribution in [3.05, 3.63) is 76.8 Å². The van der Waals surface area contributed by atoms with E-state index in [2.05, 4.69) is 10.00 Å². The molecule has 1 saturated heterocycles. The van der Waals surface area contributed by atoms with E-state index in [1.165, 1.54) is 6.07 Å². The Morgan fingerprint density at radius 3 is 2.41 bits per heavy atom. The number of amides is 1. The fourth-order valence-electron chi connectivity index (χ4n) is 3.29. The van der Waals surface area contributed by atoms with Gasteiger partial charge in [0.15, 0.2) is 11.6 Å². The van der Waals surface area contributed by atoms with Gasteiger partial charge in [-0.3, -0.25) is 14.3 Å². The Labute approximate surface area is 171 Å². The Hall–Kier alpha value is -2.91. The summed E-state index contributed by atoms with van der Waals surface area (Å²) < 4.78 is 30.7. The molecule has 4 rings (SSSR count). The molecule has 1 aromatic heterocycles. The number of rotatable bonds is 4. The number of carbonyl (C=O) groups is 1. The summed E-state index contributed by atoms with van der Waals surface area (Å²) in [6.07, 6.45) is 1.69. The molecule has 0 radical (unpaired) electrons. The molecule has 2 aromatic carbocycles. The van der Waals surface area contributed by atoms with Crippen molar-refractivity contribution in [3.8, 4) is 5.69 Å². The maximum Gasteiger partial charge on any atom is 0.254 e. The molecule has 1 fully saturated rings. The molecule has 1 amide bonds. The molecular weight excluding hydrogens is 396 g/mol. The first-order valence-corrected chi connectivity index (χ1v) is 9.60. The Balaban J connectivity index is 1.38. The second kappa shape index (κ2) is 8.22. The van der Waals surface area contributed by atoms with Crippen LogP contribution in [0.4, 0.5) is 8.78 Å². The van der Waals surface area contributed by atoms with Crippen molar-refractivity contribution >= 4 is 18.1 Å². The van der Waals surface area contributed by atoms with E-state index in [0.717, 1.165) is 17.8 Å². The van der Waals surface area contributed by atoms with Gasteiger partial charge in [-0.1, -0.05) is 18.2 Å². The van der Waals surface area contributed by atoms with E-state index in [1.807, 2.05) is 34.9 Å². The molecule has 150 valence electrons. The summed E-state index contributed by atoms with van der Waals surface area (Å²) in [4.78, 5) is 16.3. The zero-order valence-electron chi connectivity index (χ0n) is 15.5. The third-order valence-corrected chi connectivity index (χ3v) is 5.34. The van der Waals surface area contributed by atoms with Crippen LogP contribution in [0.1, 0.15) is 10.4 Å². The molecule has 0 N–H and O–H groups in total. The number of nitrogens with zero attached hydrogens (tertiary/aromatic N) is 5. The molecule has 9 heteroatoms. The van der Waals surface area contributed by atoms with Crippen molar-refractivity contribution in [2.45, 2.75) is 6.67 Å². The van der Waals surface area contributed by atoms with Crippen LogP contribution in [0.2, 0.25) is 0 Å². The molecule has 29 heavy (non-hydrogen) atoms. The fraction of sp³-hybridized carbons (Fsp3) is 0.250. The topological polar surface area (TPSA) is 46.3 Å². The standard InChI is InChI=1S/C20H19F2N5OS/c21-17-7-6-15(12-18(17)22)19(28)25-10-8-24(9-11-25)14-27-20(29)26(13-23-27)16-4-2-1-3-5-16/h1-7,12-13H,8-11,14H2. The average molecular weight is 415 g/mol. The van der Waals surface area contributed by atoms with E-state index < -0.39 is 11.6 Å². The van der Waals surface area contributed by atoms with E-state index in [9.17, 15) is 13.6 Å². The molecule has 0 unspecified atom stereocenters. The van der Waals surface area contributed by atoms with Crippen LogP contribution in [0.3, 0.4) is 0 Å². The predicted octanol–water partition coefficient (Wildman–Crippen LogP) is 3.10. The number of carbonyl (C=O) groups excluding carboxylic acids is 1. The molecule has 2 heterocycles. The van der Waals surface area contributed by atoms with Crippen LogP contribution >= 0.6 is 12.2 Å². The Morgan fingerprint density at radius 2 is 1.72 bits per heavy atom. The summed E-state index contributed by atoms with van der Waals surface area (Å²) >= 11 is 5.53. The lowest BCUT2D eigenvalue weighted by Gasteiger charge is -2.34. The molecule has 0 bridgehead atoms. The predicted molar refractivity (Wildman–Crippen MR) is 106 cm³/mol. The van der Waals surface area contributed by atoms with E-state index in [1.54, 1.807) is 15.9 Å². The number of hydrogen-bond acceptors (Lipinski definition) is 4. The Kier molecular flexibility index (Phi) is 5.50. The van der Waals surface area contributed by atoms with Crippen LogP contribution in [-0.2, 0) is 6.67 Å². The van der Waals surface area contributed by atoms with Crippen molar-refractivity contribution in [2.24, 2.45) is 0 Å². The minimum atomic E-state index is -1.02. The van der Waals surface area contributed by atoms with Crippen LogP contribution in [0.25, 0.3) is 5.69 Å². The molecule has 0 aliphatic carbocycles. The monoisotopic (exact) mass is 415 g/mol. The van der Waals surface area contributed by atoms with Crippen LogP contribution in [0.15, 0.2) is 54.9 Å². The first-order valence-electron chi connectivity index (χ1n) is 9.19. The molecule has 3 aromatic rings. The molecule has 1 aliphatic rings. The van der Waals surface area contributed by atoms with E-state index in [4.69, 9.17) is 12.2 Å². The van der Waals surface area contributed by atoms with Crippen molar-refractivity contribution < 1.29 is 13.6 Å². The van der Waals surface area contributed by atoms with Crippen molar-refractivity contribution in [2.75, 3.05) is 26.2 Å². The third-order valence-electron chi connectivity index (χ3n) is 4.93. The van der Waals surface area contributed by atoms with Gasteiger partial charge >= 0.3 is 0 Å². The number of halogens is 2. The first-order chi connectivity index (χ1) is 14.0. The van der Waals surface area contributed by atoms with Crippen LogP contribution in [0, 0.1) is 16.4 Å².